The van der Waals surface area contributed by atoms with Crippen LogP contribution >= 0.6 is 11.3 Å². The number of thiazole rings is 1. The number of aromatic nitrogens is 1. The molecule has 9 heteroatoms. The summed E-state index contributed by atoms with van der Waals surface area (Å²) in [6.07, 6.45) is 4.65. The molecular weight excluding hydrogens is 409 g/mol. The van der Waals surface area contributed by atoms with Crippen LogP contribution in [0.25, 0.3) is 16.3 Å². The molecule has 0 aliphatic carbocycles. The number of hydrogen-bond donors (Lipinski definition) is 0. The van der Waals surface area contributed by atoms with Crippen LogP contribution in [0.3, 0.4) is 0 Å². The predicted octanol–water partition coefficient (Wildman–Crippen LogP) is 4.57. The number of rotatable bonds is 6. The summed E-state index contributed by atoms with van der Waals surface area (Å²) >= 11 is 1.25. The number of carbonyl (C=O) groups excluding carboxylic acids is 1. The molecule has 1 aromatic heterocycles. The quantitative estimate of drug-likeness (QED) is 0.327. The molecule has 4 rings (SSSR count). The Hall–Kier alpha value is -3.17. The minimum Gasteiger partial charge on any atom is -0.376 e. The Kier molecular flexibility index (Phi) is 5.82. The second kappa shape index (κ2) is 8.68. The maximum absolute atomic E-state index is 14.1. The molecule has 1 saturated heterocycles. The van der Waals surface area contributed by atoms with Crippen molar-refractivity contribution in [2.75, 3.05) is 18.1 Å². The molecule has 3 aromatic rings. The van der Waals surface area contributed by atoms with E-state index in [1.54, 1.807) is 30.3 Å². The van der Waals surface area contributed by atoms with Gasteiger partial charge in [0.25, 0.3) is 11.6 Å². The smallest absolute Gasteiger partial charge is 0.269 e. The Balaban J connectivity index is 1.60. The molecular formula is C21H18FN3O4S. The minimum absolute atomic E-state index is 0.0185. The first-order valence-electron chi connectivity index (χ1n) is 9.42. The lowest BCUT2D eigenvalue weighted by Crippen LogP contribution is -2.36. The third-order valence-electron chi connectivity index (χ3n) is 4.79. The van der Waals surface area contributed by atoms with Crippen molar-refractivity contribution in [2.24, 2.45) is 0 Å². The first-order chi connectivity index (χ1) is 14.5. The zero-order valence-corrected chi connectivity index (χ0v) is 16.7. The van der Waals surface area contributed by atoms with E-state index in [-0.39, 0.29) is 23.2 Å². The molecule has 2 aromatic carbocycles. The SMILES string of the molecule is O=C(/C=C\c1ccc([N+](=O)[O-])cc1)N(CC1CCCO1)c1nc2c(F)cccc2s1. The van der Waals surface area contributed by atoms with Gasteiger partial charge in [0.1, 0.15) is 11.3 Å². The topological polar surface area (TPSA) is 85.6 Å². The number of para-hydroxylation sites is 1. The van der Waals surface area contributed by atoms with E-state index in [0.717, 1.165) is 12.8 Å². The van der Waals surface area contributed by atoms with Crippen molar-refractivity contribution in [3.05, 3.63) is 70.0 Å². The highest BCUT2D eigenvalue weighted by Crippen LogP contribution is 2.31. The zero-order valence-electron chi connectivity index (χ0n) is 15.9. The molecule has 1 atom stereocenters. The monoisotopic (exact) mass is 427 g/mol. The van der Waals surface area contributed by atoms with Crippen LogP contribution in [0.2, 0.25) is 0 Å². The average molecular weight is 427 g/mol. The van der Waals surface area contributed by atoms with Gasteiger partial charge in [-0.05, 0) is 48.7 Å². The molecule has 1 fully saturated rings. The predicted molar refractivity (Wildman–Crippen MR) is 113 cm³/mol. The standard InChI is InChI=1S/C21H18FN3O4S/c22-17-4-1-5-18-20(17)23-21(30-18)24(13-16-3-2-12-29-16)19(26)11-8-14-6-9-15(10-7-14)25(27)28/h1,4-11,16H,2-3,12-13H2/b11-8-. The van der Waals surface area contributed by atoms with Crippen LogP contribution in [0.4, 0.5) is 15.2 Å². The van der Waals surface area contributed by atoms with Crippen molar-refractivity contribution in [1.82, 2.24) is 4.98 Å². The van der Waals surface area contributed by atoms with Gasteiger partial charge in [0.15, 0.2) is 5.13 Å². The number of ether oxygens (including phenoxy) is 1. The molecule has 0 spiro atoms. The number of hydrogen-bond acceptors (Lipinski definition) is 6. The van der Waals surface area contributed by atoms with Crippen LogP contribution in [-0.2, 0) is 9.53 Å². The maximum Gasteiger partial charge on any atom is 0.269 e. The van der Waals surface area contributed by atoms with Gasteiger partial charge in [0.2, 0.25) is 0 Å². The highest BCUT2D eigenvalue weighted by molar-refractivity contribution is 7.22. The lowest BCUT2D eigenvalue weighted by atomic mass is 10.2. The van der Waals surface area contributed by atoms with Gasteiger partial charge >= 0.3 is 0 Å². The van der Waals surface area contributed by atoms with Crippen LogP contribution in [0.5, 0.6) is 0 Å². The fraction of sp³-hybridized carbons (Fsp3) is 0.238. The van der Waals surface area contributed by atoms with E-state index < -0.39 is 10.7 Å². The number of fused-ring (bicyclic) bond motifs is 1. The van der Waals surface area contributed by atoms with Crippen LogP contribution in [0.15, 0.2) is 48.5 Å². The summed E-state index contributed by atoms with van der Waals surface area (Å²) in [7, 11) is 0. The number of amides is 1. The summed E-state index contributed by atoms with van der Waals surface area (Å²) in [6, 6.07) is 10.6. The van der Waals surface area contributed by atoms with Gasteiger partial charge < -0.3 is 4.74 Å². The average Bonchev–Trinajstić information content (AvgIpc) is 3.41. The van der Waals surface area contributed by atoms with Crippen molar-refractivity contribution in [2.45, 2.75) is 18.9 Å². The molecule has 1 amide bonds. The van der Waals surface area contributed by atoms with Crippen molar-refractivity contribution in [3.8, 4) is 0 Å². The molecule has 154 valence electrons. The van der Waals surface area contributed by atoms with E-state index in [1.165, 1.54) is 40.5 Å². The van der Waals surface area contributed by atoms with Crippen LogP contribution in [-0.4, -0.2) is 35.1 Å². The van der Waals surface area contributed by atoms with Gasteiger partial charge in [-0.1, -0.05) is 17.4 Å². The van der Waals surface area contributed by atoms with Crippen molar-refractivity contribution in [1.29, 1.82) is 0 Å². The summed E-state index contributed by atoms with van der Waals surface area (Å²) in [5, 5.41) is 11.2. The van der Waals surface area contributed by atoms with Crippen LogP contribution < -0.4 is 4.90 Å². The van der Waals surface area contributed by atoms with Crippen LogP contribution in [0.1, 0.15) is 18.4 Å². The summed E-state index contributed by atoms with van der Waals surface area (Å²) in [6.45, 7) is 0.977. The molecule has 7 nitrogen and oxygen atoms in total. The number of nitrogens with zero attached hydrogens (tertiary/aromatic N) is 3. The number of non-ortho nitro benzene ring substituents is 1. The lowest BCUT2D eigenvalue weighted by molar-refractivity contribution is -0.384. The Morgan fingerprint density at radius 2 is 2.13 bits per heavy atom. The highest BCUT2D eigenvalue weighted by atomic mass is 32.1. The Morgan fingerprint density at radius 3 is 2.80 bits per heavy atom. The van der Waals surface area contributed by atoms with Gasteiger partial charge in [-0.15, -0.1) is 0 Å². The molecule has 1 aliphatic rings. The third kappa shape index (κ3) is 4.37. The Labute approximate surface area is 175 Å². The largest absolute Gasteiger partial charge is 0.376 e. The first kappa shape index (κ1) is 20.1. The van der Waals surface area contributed by atoms with Crippen LogP contribution in [0, 0.1) is 15.9 Å². The Morgan fingerprint density at radius 1 is 1.33 bits per heavy atom. The molecule has 30 heavy (non-hydrogen) atoms. The van der Waals surface area contributed by atoms with Gasteiger partial charge in [0, 0.05) is 24.8 Å². The van der Waals surface area contributed by atoms with Gasteiger partial charge in [-0.25, -0.2) is 9.37 Å². The molecule has 0 radical (unpaired) electrons. The van der Waals surface area contributed by atoms with E-state index in [0.29, 0.717) is 28.5 Å². The highest BCUT2D eigenvalue weighted by Gasteiger charge is 2.25. The van der Waals surface area contributed by atoms with E-state index >= 15 is 0 Å². The second-order valence-corrected chi connectivity index (χ2v) is 7.86. The second-order valence-electron chi connectivity index (χ2n) is 6.85. The number of benzene rings is 2. The maximum atomic E-state index is 14.1. The van der Waals surface area contributed by atoms with Crippen molar-refractivity contribution >= 4 is 44.4 Å². The Bertz CT molecular complexity index is 1110. The molecule has 0 saturated carbocycles. The summed E-state index contributed by atoms with van der Waals surface area (Å²) < 4.78 is 20.4. The number of nitro benzene ring substituents is 1. The minimum atomic E-state index is -0.478. The molecule has 1 aliphatic heterocycles. The van der Waals surface area contributed by atoms with E-state index in [4.69, 9.17) is 4.74 Å². The summed E-state index contributed by atoms with van der Waals surface area (Å²) in [5.74, 6) is -0.746. The van der Waals surface area contributed by atoms with Crippen molar-refractivity contribution < 1.29 is 18.8 Å². The van der Waals surface area contributed by atoms with Gasteiger partial charge in [-0.3, -0.25) is 19.8 Å². The first-order valence-corrected chi connectivity index (χ1v) is 10.2. The fourth-order valence-electron chi connectivity index (χ4n) is 3.24. The fourth-order valence-corrected chi connectivity index (χ4v) is 4.23. The molecule has 1 unspecified atom stereocenters. The summed E-state index contributed by atoms with van der Waals surface area (Å²) in [5.41, 5.74) is 0.873. The van der Waals surface area contributed by atoms with E-state index in [9.17, 15) is 19.3 Å². The van der Waals surface area contributed by atoms with Gasteiger partial charge in [-0.2, -0.15) is 0 Å². The lowest BCUT2D eigenvalue weighted by Gasteiger charge is -2.21. The third-order valence-corrected chi connectivity index (χ3v) is 5.83. The zero-order chi connectivity index (χ0) is 21.1. The molecule has 2 heterocycles. The van der Waals surface area contributed by atoms with E-state index in [2.05, 4.69) is 4.98 Å². The normalized spacial score (nSPS) is 16.4. The summed E-state index contributed by atoms with van der Waals surface area (Å²) in [4.78, 5) is 29.1. The van der Waals surface area contributed by atoms with Crippen molar-refractivity contribution in [3.63, 3.8) is 0 Å². The molecule has 0 bridgehead atoms. The number of nitro groups is 1. The molecule has 0 N–H and O–H groups in total. The number of anilines is 1. The van der Waals surface area contributed by atoms with E-state index in [1.807, 2.05) is 0 Å². The number of carbonyl (C=O) groups is 1. The number of halogens is 1. The van der Waals surface area contributed by atoms with Gasteiger partial charge in [0.05, 0.1) is 22.3 Å².